The lowest BCUT2D eigenvalue weighted by molar-refractivity contribution is 0.0255. The Morgan fingerprint density at radius 3 is 3.30 bits per heavy atom. The fraction of sp³-hybridized carbons (Fsp3) is 0.688. The van der Waals surface area contributed by atoms with Crippen molar-refractivity contribution in [3.8, 4) is 0 Å². The smallest absolute Gasteiger partial charge is 0.0779 e. The summed E-state index contributed by atoms with van der Waals surface area (Å²) in [5.74, 6) is 0. The summed E-state index contributed by atoms with van der Waals surface area (Å²) in [6.07, 6.45) is 9.30. The number of ether oxygens (including phenoxy) is 1. The van der Waals surface area contributed by atoms with Crippen LogP contribution in [0.1, 0.15) is 38.2 Å². The number of nitrogens with one attached hydrogen (secondary N) is 1. The van der Waals surface area contributed by atoms with Crippen LogP contribution < -0.4 is 10.2 Å². The maximum absolute atomic E-state index is 5.92. The quantitative estimate of drug-likeness (QED) is 0.837. The molecule has 1 aliphatic carbocycles. The zero-order valence-corrected chi connectivity index (χ0v) is 12.3. The number of anilines is 1. The summed E-state index contributed by atoms with van der Waals surface area (Å²) < 4.78 is 5.92. The molecule has 110 valence electrons. The minimum Gasteiger partial charge on any atom is -0.374 e. The molecule has 0 radical (unpaired) electrons. The summed E-state index contributed by atoms with van der Waals surface area (Å²) in [6, 6.07) is 2.74. The van der Waals surface area contributed by atoms with Crippen LogP contribution >= 0.6 is 0 Å². The van der Waals surface area contributed by atoms with Crippen LogP contribution in [0, 0.1) is 0 Å². The fourth-order valence-electron chi connectivity index (χ4n) is 3.46. The van der Waals surface area contributed by atoms with E-state index in [1.165, 1.54) is 30.5 Å². The second kappa shape index (κ2) is 6.55. The van der Waals surface area contributed by atoms with E-state index in [2.05, 4.69) is 28.2 Å². The van der Waals surface area contributed by atoms with Crippen molar-refractivity contribution in [2.24, 2.45) is 0 Å². The first-order valence-corrected chi connectivity index (χ1v) is 7.92. The number of hydrogen-bond donors (Lipinski definition) is 1. The van der Waals surface area contributed by atoms with E-state index in [1.54, 1.807) is 0 Å². The van der Waals surface area contributed by atoms with E-state index in [1.807, 2.05) is 12.4 Å². The maximum atomic E-state index is 5.92. The van der Waals surface area contributed by atoms with Gasteiger partial charge in [-0.3, -0.25) is 4.98 Å². The molecule has 0 spiro atoms. The Morgan fingerprint density at radius 2 is 2.40 bits per heavy atom. The minimum absolute atomic E-state index is 0.438. The minimum atomic E-state index is 0.438. The molecule has 2 unspecified atom stereocenters. The van der Waals surface area contributed by atoms with Gasteiger partial charge in [-0.15, -0.1) is 0 Å². The van der Waals surface area contributed by atoms with Gasteiger partial charge in [-0.25, -0.2) is 0 Å². The molecule has 4 heteroatoms. The van der Waals surface area contributed by atoms with Crippen LogP contribution in [0.15, 0.2) is 18.5 Å². The fourth-order valence-corrected chi connectivity index (χ4v) is 3.46. The highest BCUT2D eigenvalue weighted by Gasteiger charge is 2.36. The van der Waals surface area contributed by atoms with Crippen molar-refractivity contribution in [2.75, 3.05) is 24.6 Å². The molecule has 2 heterocycles. The van der Waals surface area contributed by atoms with Gasteiger partial charge in [0.25, 0.3) is 0 Å². The average molecular weight is 275 g/mol. The molecule has 3 rings (SSSR count). The van der Waals surface area contributed by atoms with Crippen LogP contribution in [-0.2, 0) is 11.3 Å². The summed E-state index contributed by atoms with van der Waals surface area (Å²) in [5, 5.41) is 3.49. The largest absolute Gasteiger partial charge is 0.374 e. The van der Waals surface area contributed by atoms with Crippen LogP contribution in [0.5, 0.6) is 0 Å². The van der Waals surface area contributed by atoms with Gasteiger partial charge in [0, 0.05) is 36.7 Å². The standard InChI is InChI=1S/C16H25N3O/c1-2-7-17-11-13-12-18-8-6-14(13)19-9-10-20-16-5-3-4-15(16)19/h6,8,12,15-17H,2-5,7,9-11H2,1H3. The summed E-state index contributed by atoms with van der Waals surface area (Å²) in [7, 11) is 0. The normalized spacial score (nSPS) is 25.8. The van der Waals surface area contributed by atoms with E-state index in [-0.39, 0.29) is 0 Å². The van der Waals surface area contributed by atoms with E-state index < -0.39 is 0 Å². The maximum Gasteiger partial charge on any atom is 0.0779 e. The number of rotatable bonds is 5. The number of morpholine rings is 1. The van der Waals surface area contributed by atoms with Gasteiger partial charge in [-0.2, -0.15) is 0 Å². The topological polar surface area (TPSA) is 37.4 Å². The summed E-state index contributed by atoms with van der Waals surface area (Å²) in [6.45, 7) is 6.02. The molecule has 20 heavy (non-hydrogen) atoms. The lowest BCUT2D eigenvalue weighted by atomic mass is 10.1. The molecule has 1 aromatic rings. The third-order valence-corrected chi connectivity index (χ3v) is 4.41. The van der Waals surface area contributed by atoms with E-state index in [4.69, 9.17) is 4.74 Å². The first-order chi connectivity index (χ1) is 9.90. The molecule has 1 N–H and O–H groups in total. The predicted octanol–water partition coefficient (Wildman–Crippen LogP) is 2.34. The number of fused-ring (bicyclic) bond motifs is 1. The number of nitrogens with zero attached hydrogens (tertiary/aromatic N) is 2. The van der Waals surface area contributed by atoms with Crippen LogP contribution in [0.3, 0.4) is 0 Å². The van der Waals surface area contributed by atoms with Gasteiger partial charge in [-0.05, 0) is 38.3 Å². The SMILES string of the molecule is CCCNCc1cnccc1N1CCOC2CCCC21. The number of aromatic nitrogens is 1. The molecule has 2 aliphatic rings. The third-order valence-electron chi connectivity index (χ3n) is 4.41. The summed E-state index contributed by atoms with van der Waals surface area (Å²) >= 11 is 0. The highest BCUT2D eigenvalue weighted by molar-refractivity contribution is 5.54. The van der Waals surface area contributed by atoms with Crippen molar-refractivity contribution in [3.05, 3.63) is 24.0 Å². The summed E-state index contributed by atoms with van der Waals surface area (Å²) in [5.41, 5.74) is 2.66. The van der Waals surface area contributed by atoms with Gasteiger partial charge in [-0.1, -0.05) is 6.92 Å². The van der Waals surface area contributed by atoms with Gasteiger partial charge in [0.15, 0.2) is 0 Å². The molecular weight excluding hydrogens is 250 g/mol. The van der Waals surface area contributed by atoms with Crippen molar-refractivity contribution in [1.29, 1.82) is 0 Å². The van der Waals surface area contributed by atoms with Crippen molar-refractivity contribution in [3.63, 3.8) is 0 Å². The summed E-state index contributed by atoms with van der Waals surface area (Å²) in [4.78, 5) is 6.87. The second-order valence-corrected chi connectivity index (χ2v) is 5.78. The van der Waals surface area contributed by atoms with Crippen LogP contribution in [0.25, 0.3) is 0 Å². The molecule has 1 aromatic heterocycles. The lowest BCUT2D eigenvalue weighted by Gasteiger charge is -2.40. The zero-order valence-electron chi connectivity index (χ0n) is 12.3. The molecule has 0 bridgehead atoms. The monoisotopic (exact) mass is 275 g/mol. The number of pyridine rings is 1. The van der Waals surface area contributed by atoms with Gasteiger partial charge >= 0.3 is 0 Å². The Kier molecular flexibility index (Phi) is 4.53. The van der Waals surface area contributed by atoms with Crippen molar-refractivity contribution in [2.45, 2.75) is 51.3 Å². The van der Waals surface area contributed by atoms with E-state index >= 15 is 0 Å². The van der Waals surface area contributed by atoms with Crippen LogP contribution in [-0.4, -0.2) is 36.8 Å². The van der Waals surface area contributed by atoms with Crippen molar-refractivity contribution in [1.82, 2.24) is 10.3 Å². The molecule has 1 saturated carbocycles. The molecule has 1 saturated heterocycles. The van der Waals surface area contributed by atoms with E-state index in [0.717, 1.165) is 32.7 Å². The van der Waals surface area contributed by atoms with Crippen molar-refractivity contribution >= 4 is 5.69 Å². The van der Waals surface area contributed by atoms with Gasteiger partial charge in [0.2, 0.25) is 0 Å². The third kappa shape index (κ3) is 2.81. The Bertz CT molecular complexity index is 437. The predicted molar refractivity (Wildman–Crippen MR) is 81.0 cm³/mol. The highest BCUT2D eigenvalue weighted by atomic mass is 16.5. The Hall–Kier alpha value is -1.13. The number of hydrogen-bond acceptors (Lipinski definition) is 4. The highest BCUT2D eigenvalue weighted by Crippen LogP contribution is 2.34. The Morgan fingerprint density at radius 1 is 1.45 bits per heavy atom. The zero-order chi connectivity index (χ0) is 13.8. The lowest BCUT2D eigenvalue weighted by Crippen LogP contribution is -2.49. The molecule has 4 nitrogen and oxygen atoms in total. The van der Waals surface area contributed by atoms with E-state index in [0.29, 0.717) is 12.1 Å². The average Bonchev–Trinajstić information content (AvgIpc) is 2.96. The molecule has 0 aromatic carbocycles. The molecule has 2 atom stereocenters. The van der Waals surface area contributed by atoms with Gasteiger partial charge < -0.3 is 15.0 Å². The second-order valence-electron chi connectivity index (χ2n) is 5.78. The van der Waals surface area contributed by atoms with Crippen LogP contribution in [0.2, 0.25) is 0 Å². The Labute approximate surface area is 121 Å². The first kappa shape index (κ1) is 13.8. The van der Waals surface area contributed by atoms with Gasteiger partial charge in [0.05, 0.1) is 18.8 Å². The first-order valence-electron chi connectivity index (χ1n) is 7.92. The molecule has 0 amide bonds. The van der Waals surface area contributed by atoms with Crippen LogP contribution in [0.4, 0.5) is 5.69 Å². The molecule has 1 aliphatic heterocycles. The Balaban J connectivity index is 1.78. The van der Waals surface area contributed by atoms with E-state index in [9.17, 15) is 0 Å². The van der Waals surface area contributed by atoms with Crippen molar-refractivity contribution < 1.29 is 4.74 Å². The molecular formula is C16H25N3O. The van der Waals surface area contributed by atoms with Gasteiger partial charge in [0.1, 0.15) is 0 Å². The molecule has 2 fully saturated rings.